The molecule has 4 rings (SSSR count). The van der Waals surface area contributed by atoms with Crippen LogP contribution in [0.25, 0.3) is 22.1 Å². The fourth-order valence-corrected chi connectivity index (χ4v) is 2.65. The van der Waals surface area contributed by atoms with Gasteiger partial charge in [-0.3, -0.25) is 10.0 Å². The van der Waals surface area contributed by atoms with E-state index in [2.05, 4.69) is 36.6 Å². The van der Waals surface area contributed by atoms with Crippen molar-refractivity contribution in [2.75, 3.05) is 11.6 Å². The number of pyridine rings is 1. The summed E-state index contributed by atoms with van der Waals surface area (Å²) in [5, 5.41) is 3.24. The summed E-state index contributed by atoms with van der Waals surface area (Å²) in [5.74, 6) is 0. The van der Waals surface area contributed by atoms with Crippen LogP contribution in [0.1, 0.15) is 13.3 Å². The summed E-state index contributed by atoms with van der Waals surface area (Å²) in [6.45, 7) is 3.02. The molecule has 0 spiro atoms. The molecule has 0 saturated heterocycles. The van der Waals surface area contributed by atoms with Crippen molar-refractivity contribution in [1.29, 1.82) is 0 Å². The molecule has 3 aromatic rings. The Balaban J connectivity index is 1.99. The average molecular weight is 254 g/mol. The first-order valence-electron chi connectivity index (χ1n) is 6.46. The van der Waals surface area contributed by atoms with E-state index < -0.39 is 0 Å². The molecule has 96 valence electrons. The van der Waals surface area contributed by atoms with Gasteiger partial charge in [-0.1, -0.05) is 6.92 Å². The van der Waals surface area contributed by atoms with Crippen molar-refractivity contribution in [1.82, 2.24) is 19.6 Å². The van der Waals surface area contributed by atoms with Crippen molar-refractivity contribution in [2.45, 2.75) is 19.4 Å². The molecule has 6 nitrogen and oxygen atoms in total. The molecule has 1 N–H and O–H groups in total. The summed E-state index contributed by atoms with van der Waals surface area (Å²) < 4.78 is 2.08. The van der Waals surface area contributed by atoms with E-state index in [0.717, 1.165) is 35.0 Å². The van der Waals surface area contributed by atoms with Gasteiger partial charge in [0.25, 0.3) is 0 Å². The third kappa shape index (κ3) is 1.39. The van der Waals surface area contributed by atoms with Gasteiger partial charge in [-0.2, -0.15) is 0 Å². The third-order valence-corrected chi connectivity index (χ3v) is 3.68. The highest BCUT2D eigenvalue weighted by Crippen LogP contribution is 2.23. The Morgan fingerprint density at radius 1 is 1.42 bits per heavy atom. The van der Waals surface area contributed by atoms with Gasteiger partial charge in [0.2, 0.25) is 0 Å². The molecule has 3 aromatic heterocycles. The standard InChI is InChI=1S/C13H14N6/c1-2-9-5-14-7-18(9)19-8-17-11-6-16-13-10(12(11)19)3-4-15-13/h3-4,6-9H,2,5H2,1H3,(H,15,16). The summed E-state index contributed by atoms with van der Waals surface area (Å²) in [5.41, 5.74) is 2.87. The summed E-state index contributed by atoms with van der Waals surface area (Å²) in [4.78, 5) is 16.3. The molecule has 0 radical (unpaired) electrons. The summed E-state index contributed by atoms with van der Waals surface area (Å²) in [6.07, 6.45) is 8.51. The number of fused-ring (bicyclic) bond motifs is 3. The van der Waals surface area contributed by atoms with Crippen molar-refractivity contribution < 1.29 is 0 Å². The summed E-state index contributed by atoms with van der Waals surface area (Å²) in [7, 11) is 0. The van der Waals surface area contributed by atoms with Crippen molar-refractivity contribution >= 4 is 28.4 Å². The maximum atomic E-state index is 4.44. The van der Waals surface area contributed by atoms with Gasteiger partial charge in [-0.05, 0) is 12.5 Å². The third-order valence-electron chi connectivity index (χ3n) is 3.68. The molecule has 0 bridgehead atoms. The molecule has 1 aliphatic rings. The fraction of sp³-hybridized carbons (Fsp3) is 0.308. The van der Waals surface area contributed by atoms with Gasteiger partial charge in [0.05, 0.1) is 18.8 Å². The topological polar surface area (TPSA) is 62.1 Å². The molecule has 0 aliphatic carbocycles. The highest BCUT2D eigenvalue weighted by molar-refractivity contribution is 6.01. The number of hydrogen-bond donors (Lipinski definition) is 1. The van der Waals surface area contributed by atoms with Crippen LogP contribution in [-0.4, -0.2) is 38.6 Å². The molecular formula is C13H14N6. The fourth-order valence-electron chi connectivity index (χ4n) is 2.65. The molecule has 1 atom stereocenters. The van der Waals surface area contributed by atoms with E-state index in [1.165, 1.54) is 0 Å². The van der Waals surface area contributed by atoms with Crippen LogP contribution in [0.15, 0.2) is 29.8 Å². The normalized spacial score (nSPS) is 19.0. The predicted octanol–water partition coefficient (Wildman–Crippen LogP) is 1.67. The van der Waals surface area contributed by atoms with Gasteiger partial charge in [0, 0.05) is 11.6 Å². The van der Waals surface area contributed by atoms with Crippen LogP contribution in [-0.2, 0) is 0 Å². The highest BCUT2D eigenvalue weighted by Gasteiger charge is 2.22. The number of rotatable bonds is 2. The first-order chi connectivity index (χ1) is 9.38. The van der Waals surface area contributed by atoms with E-state index in [4.69, 9.17) is 0 Å². The van der Waals surface area contributed by atoms with E-state index in [1.54, 1.807) is 6.20 Å². The van der Waals surface area contributed by atoms with Crippen LogP contribution >= 0.6 is 0 Å². The van der Waals surface area contributed by atoms with E-state index in [1.807, 2.05) is 24.9 Å². The Labute approximate surface area is 109 Å². The molecule has 4 heterocycles. The van der Waals surface area contributed by atoms with Gasteiger partial charge in [-0.15, -0.1) is 0 Å². The Bertz CT molecular complexity index is 768. The summed E-state index contributed by atoms with van der Waals surface area (Å²) >= 11 is 0. The number of hydrogen-bond acceptors (Lipinski definition) is 4. The van der Waals surface area contributed by atoms with Gasteiger partial charge in [0.1, 0.15) is 29.3 Å². The molecule has 0 aromatic carbocycles. The number of nitrogens with zero attached hydrogens (tertiary/aromatic N) is 5. The number of nitrogens with one attached hydrogen (secondary N) is 1. The molecule has 1 aliphatic heterocycles. The minimum atomic E-state index is 0.402. The molecule has 6 heteroatoms. The second kappa shape index (κ2) is 3.81. The van der Waals surface area contributed by atoms with E-state index >= 15 is 0 Å². The zero-order chi connectivity index (χ0) is 12.8. The quantitative estimate of drug-likeness (QED) is 0.756. The van der Waals surface area contributed by atoms with Crippen LogP contribution in [0.5, 0.6) is 0 Å². The van der Waals surface area contributed by atoms with Crippen LogP contribution in [0.2, 0.25) is 0 Å². The number of aromatic amines is 1. The second-order valence-electron chi connectivity index (χ2n) is 4.74. The molecule has 1 unspecified atom stereocenters. The first kappa shape index (κ1) is 10.5. The van der Waals surface area contributed by atoms with E-state index in [9.17, 15) is 0 Å². The maximum absolute atomic E-state index is 4.44. The number of aromatic nitrogens is 4. The number of aliphatic imine (C=N–C) groups is 1. The number of imidazole rings is 1. The van der Waals surface area contributed by atoms with Crippen molar-refractivity contribution in [2.24, 2.45) is 4.99 Å². The molecular weight excluding hydrogens is 240 g/mol. The average Bonchev–Trinajstić information content (AvgIpc) is 3.15. The predicted molar refractivity (Wildman–Crippen MR) is 75.0 cm³/mol. The maximum Gasteiger partial charge on any atom is 0.139 e. The molecule has 19 heavy (non-hydrogen) atoms. The SMILES string of the molecule is CCC1CN=CN1n1cnc2cnc3[nH]ccc3c21. The van der Waals surface area contributed by atoms with Crippen LogP contribution in [0.4, 0.5) is 0 Å². The highest BCUT2D eigenvalue weighted by atomic mass is 15.6. The minimum Gasteiger partial charge on any atom is -0.346 e. The monoisotopic (exact) mass is 254 g/mol. The Hall–Kier alpha value is -2.37. The zero-order valence-corrected chi connectivity index (χ0v) is 10.6. The zero-order valence-electron chi connectivity index (χ0n) is 10.6. The van der Waals surface area contributed by atoms with Crippen LogP contribution in [0, 0.1) is 0 Å². The Morgan fingerprint density at radius 3 is 3.26 bits per heavy atom. The van der Waals surface area contributed by atoms with Gasteiger partial charge in [-0.25, -0.2) is 14.6 Å². The first-order valence-corrected chi connectivity index (χ1v) is 6.46. The molecule has 0 saturated carbocycles. The Morgan fingerprint density at radius 2 is 2.37 bits per heavy atom. The smallest absolute Gasteiger partial charge is 0.139 e. The van der Waals surface area contributed by atoms with Crippen molar-refractivity contribution in [3.05, 3.63) is 24.8 Å². The lowest BCUT2D eigenvalue weighted by atomic mass is 10.2. The van der Waals surface area contributed by atoms with Crippen LogP contribution in [0.3, 0.4) is 0 Å². The van der Waals surface area contributed by atoms with Crippen LogP contribution < -0.4 is 5.01 Å². The Kier molecular flexibility index (Phi) is 2.11. The summed E-state index contributed by atoms with van der Waals surface area (Å²) in [6, 6.07) is 2.44. The van der Waals surface area contributed by atoms with Gasteiger partial charge in [0.15, 0.2) is 0 Å². The minimum absolute atomic E-state index is 0.402. The van der Waals surface area contributed by atoms with E-state index in [0.29, 0.717) is 6.04 Å². The van der Waals surface area contributed by atoms with E-state index in [-0.39, 0.29) is 0 Å². The van der Waals surface area contributed by atoms with Gasteiger partial charge >= 0.3 is 0 Å². The van der Waals surface area contributed by atoms with Crippen molar-refractivity contribution in [3.63, 3.8) is 0 Å². The molecule has 0 fully saturated rings. The largest absolute Gasteiger partial charge is 0.346 e. The lowest BCUT2D eigenvalue weighted by Gasteiger charge is -2.24. The van der Waals surface area contributed by atoms with Crippen molar-refractivity contribution in [3.8, 4) is 0 Å². The van der Waals surface area contributed by atoms with Gasteiger partial charge < -0.3 is 4.98 Å². The molecule has 0 amide bonds. The lowest BCUT2D eigenvalue weighted by molar-refractivity contribution is 0.588. The second-order valence-corrected chi connectivity index (χ2v) is 4.74. The number of H-pyrrole nitrogens is 1. The lowest BCUT2D eigenvalue weighted by Crippen LogP contribution is -2.39.